The van der Waals surface area contributed by atoms with Crippen molar-refractivity contribution in [2.45, 2.75) is 46.6 Å². The standard InChI is InChI=1S/C29H28N6/c1-4-5-16-34-26-13-9-8-12-24(26)27-28(34)30-29(32-31-27)35-20(3)25(19(2)33-35)18-21-14-15-22-10-6-7-11-23(22)17-21/h6-15,17H,4-5,16,18H2,1-3H3. The average molecular weight is 461 g/mol. The molecule has 0 aliphatic rings. The van der Waals surface area contributed by atoms with E-state index in [9.17, 15) is 0 Å². The highest BCUT2D eigenvalue weighted by atomic mass is 15.4. The summed E-state index contributed by atoms with van der Waals surface area (Å²) in [7, 11) is 0. The Morgan fingerprint density at radius 1 is 0.857 bits per heavy atom. The lowest BCUT2D eigenvalue weighted by Gasteiger charge is -2.07. The molecule has 3 aromatic carbocycles. The Hall–Kier alpha value is -4.06. The second-order valence-electron chi connectivity index (χ2n) is 9.23. The molecule has 0 unspecified atom stereocenters. The fraction of sp³-hybridized carbons (Fsp3) is 0.241. The molecule has 6 nitrogen and oxygen atoms in total. The highest BCUT2D eigenvalue weighted by Gasteiger charge is 2.19. The quantitative estimate of drug-likeness (QED) is 0.292. The molecular formula is C29H28N6. The lowest BCUT2D eigenvalue weighted by molar-refractivity contribution is 0.656. The smallest absolute Gasteiger partial charge is 0.272 e. The zero-order valence-corrected chi connectivity index (χ0v) is 20.4. The van der Waals surface area contributed by atoms with E-state index in [4.69, 9.17) is 10.1 Å². The van der Waals surface area contributed by atoms with Crippen molar-refractivity contribution in [1.82, 2.24) is 29.5 Å². The molecule has 0 saturated carbocycles. The normalized spacial score (nSPS) is 11.7. The molecule has 3 heterocycles. The van der Waals surface area contributed by atoms with E-state index in [0.29, 0.717) is 5.95 Å². The number of para-hydroxylation sites is 1. The second-order valence-corrected chi connectivity index (χ2v) is 9.23. The molecule has 0 radical (unpaired) electrons. The van der Waals surface area contributed by atoms with Crippen LogP contribution in [0.3, 0.4) is 0 Å². The van der Waals surface area contributed by atoms with Crippen molar-refractivity contribution in [2.75, 3.05) is 0 Å². The van der Waals surface area contributed by atoms with Crippen molar-refractivity contribution < 1.29 is 0 Å². The number of aromatic nitrogens is 6. The molecule has 35 heavy (non-hydrogen) atoms. The maximum Gasteiger partial charge on any atom is 0.272 e. The first-order valence-corrected chi connectivity index (χ1v) is 12.3. The van der Waals surface area contributed by atoms with E-state index in [1.54, 1.807) is 0 Å². The molecule has 0 spiro atoms. The third kappa shape index (κ3) is 3.66. The summed E-state index contributed by atoms with van der Waals surface area (Å²) in [5, 5.41) is 17.6. The third-order valence-electron chi connectivity index (χ3n) is 6.92. The minimum atomic E-state index is 0.517. The Balaban J connectivity index is 1.43. The van der Waals surface area contributed by atoms with Crippen molar-refractivity contribution in [3.8, 4) is 5.95 Å². The van der Waals surface area contributed by atoms with Crippen LogP contribution >= 0.6 is 0 Å². The van der Waals surface area contributed by atoms with E-state index in [0.717, 1.165) is 59.3 Å². The van der Waals surface area contributed by atoms with Crippen LogP contribution in [0.25, 0.3) is 38.8 Å². The van der Waals surface area contributed by atoms with Crippen LogP contribution in [0.2, 0.25) is 0 Å². The van der Waals surface area contributed by atoms with Crippen LogP contribution in [0, 0.1) is 13.8 Å². The Kier molecular flexibility index (Phi) is 5.29. The highest BCUT2D eigenvalue weighted by molar-refractivity contribution is 6.04. The number of hydrogen-bond donors (Lipinski definition) is 0. The summed E-state index contributed by atoms with van der Waals surface area (Å²) in [6, 6.07) is 23.5. The molecule has 0 aliphatic heterocycles. The van der Waals surface area contributed by atoms with Gasteiger partial charge in [0.1, 0.15) is 5.52 Å². The van der Waals surface area contributed by atoms with Gasteiger partial charge in [-0.15, -0.1) is 10.2 Å². The van der Waals surface area contributed by atoms with Crippen LogP contribution in [0.5, 0.6) is 0 Å². The van der Waals surface area contributed by atoms with Crippen LogP contribution in [0.4, 0.5) is 0 Å². The molecule has 6 aromatic rings. The van der Waals surface area contributed by atoms with Crippen molar-refractivity contribution in [1.29, 1.82) is 0 Å². The van der Waals surface area contributed by atoms with Crippen molar-refractivity contribution in [3.63, 3.8) is 0 Å². The summed E-state index contributed by atoms with van der Waals surface area (Å²) in [4.78, 5) is 4.99. The second kappa shape index (κ2) is 8.62. The summed E-state index contributed by atoms with van der Waals surface area (Å²) in [6.07, 6.45) is 3.02. The number of fused-ring (bicyclic) bond motifs is 4. The molecule has 174 valence electrons. The van der Waals surface area contributed by atoms with Crippen LogP contribution < -0.4 is 0 Å². The summed E-state index contributed by atoms with van der Waals surface area (Å²) in [5.74, 6) is 0.517. The Morgan fingerprint density at radius 2 is 1.66 bits per heavy atom. The minimum Gasteiger partial charge on any atom is -0.324 e. The summed E-state index contributed by atoms with van der Waals surface area (Å²) in [6.45, 7) is 7.27. The van der Waals surface area contributed by atoms with Crippen molar-refractivity contribution in [2.24, 2.45) is 0 Å². The average Bonchev–Trinajstić information content (AvgIpc) is 3.36. The van der Waals surface area contributed by atoms with E-state index >= 15 is 0 Å². The van der Waals surface area contributed by atoms with E-state index in [1.807, 2.05) is 10.7 Å². The molecule has 0 amide bonds. The van der Waals surface area contributed by atoms with Gasteiger partial charge in [0.25, 0.3) is 5.95 Å². The van der Waals surface area contributed by atoms with E-state index in [2.05, 4.69) is 96.2 Å². The van der Waals surface area contributed by atoms with Gasteiger partial charge in [-0.2, -0.15) is 10.1 Å². The van der Waals surface area contributed by atoms with Gasteiger partial charge >= 0.3 is 0 Å². The van der Waals surface area contributed by atoms with Crippen molar-refractivity contribution in [3.05, 3.63) is 89.2 Å². The molecule has 0 N–H and O–H groups in total. The molecule has 6 rings (SSSR count). The molecular weight excluding hydrogens is 432 g/mol. The Bertz CT molecular complexity index is 1690. The van der Waals surface area contributed by atoms with Crippen LogP contribution in [-0.2, 0) is 13.0 Å². The number of nitrogens with zero attached hydrogens (tertiary/aromatic N) is 6. The summed E-state index contributed by atoms with van der Waals surface area (Å²) in [5.41, 5.74) is 7.38. The van der Waals surface area contributed by atoms with E-state index in [-0.39, 0.29) is 0 Å². The number of aryl methyl sites for hydroxylation is 2. The van der Waals surface area contributed by atoms with Gasteiger partial charge in [0, 0.05) is 29.6 Å². The molecule has 0 saturated heterocycles. The molecule has 0 bridgehead atoms. The van der Waals surface area contributed by atoms with Gasteiger partial charge in [0.05, 0.1) is 11.2 Å². The predicted molar refractivity (Wildman–Crippen MR) is 141 cm³/mol. The SMILES string of the molecule is CCCCn1c2ccccc2c2nnc(-n3nc(C)c(Cc4ccc5ccccc5c4)c3C)nc21. The largest absolute Gasteiger partial charge is 0.324 e. The highest BCUT2D eigenvalue weighted by Crippen LogP contribution is 2.28. The van der Waals surface area contributed by atoms with Crippen LogP contribution in [0.15, 0.2) is 66.7 Å². The lowest BCUT2D eigenvalue weighted by atomic mass is 10.0. The lowest BCUT2D eigenvalue weighted by Crippen LogP contribution is -2.08. The van der Waals surface area contributed by atoms with Gasteiger partial charge < -0.3 is 4.57 Å². The zero-order valence-electron chi connectivity index (χ0n) is 20.4. The van der Waals surface area contributed by atoms with Crippen molar-refractivity contribution >= 4 is 32.8 Å². The van der Waals surface area contributed by atoms with Crippen LogP contribution in [-0.4, -0.2) is 29.5 Å². The predicted octanol–water partition coefficient (Wildman–Crippen LogP) is 6.33. The monoisotopic (exact) mass is 460 g/mol. The van der Waals surface area contributed by atoms with E-state index < -0.39 is 0 Å². The van der Waals surface area contributed by atoms with Gasteiger partial charge in [-0.05, 0) is 42.7 Å². The molecule has 0 fully saturated rings. The summed E-state index contributed by atoms with van der Waals surface area (Å²) >= 11 is 0. The van der Waals surface area contributed by atoms with Gasteiger partial charge in [-0.3, -0.25) is 0 Å². The van der Waals surface area contributed by atoms with Gasteiger partial charge in [0.2, 0.25) is 0 Å². The topological polar surface area (TPSA) is 61.4 Å². The fourth-order valence-corrected chi connectivity index (χ4v) is 5.01. The molecule has 0 aliphatic carbocycles. The van der Waals surface area contributed by atoms with Gasteiger partial charge in [0.15, 0.2) is 5.65 Å². The van der Waals surface area contributed by atoms with Gasteiger partial charge in [-0.1, -0.05) is 74.0 Å². The van der Waals surface area contributed by atoms with Crippen LogP contribution in [0.1, 0.15) is 42.3 Å². The Morgan fingerprint density at radius 3 is 2.51 bits per heavy atom. The molecule has 0 atom stereocenters. The zero-order chi connectivity index (χ0) is 23.9. The van der Waals surface area contributed by atoms with E-state index in [1.165, 1.54) is 21.9 Å². The fourth-order valence-electron chi connectivity index (χ4n) is 5.01. The third-order valence-corrected chi connectivity index (χ3v) is 6.92. The number of hydrogen-bond acceptors (Lipinski definition) is 4. The number of benzene rings is 3. The first-order chi connectivity index (χ1) is 17.1. The Labute approximate surface area is 204 Å². The summed E-state index contributed by atoms with van der Waals surface area (Å²) < 4.78 is 4.12. The van der Waals surface area contributed by atoms with Gasteiger partial charge in [-0.25, -0.2) is 4.68 Å². The maximum atomic E-state index is 4.99. The first kappa shape index (κ1) is 21.5. The first-order valence-electron chi connectivity index (χ1n) is 12.3. The molecule has 6 heteroatoms. The number of rotatable bonds is 6. The maximum absolute atomic E-state index is 4.99. The number of unbranched alkanes of at least 4 members (excludes halogenated alkanes) is 1. The molecule has 3 aromatic heterocycles. The minimum absolute atomic E-state index is 0.517.